The molecule has 2 atom stereocenters. The molecule has 2 N–H and O–H groups in total. The average Bonchev–Trinajstić information content (AvgIpc) is 2.53. The first-order chi connectivity index (χ1) is 10.2. The van der Waals surface area contributed by atoms with E-state index in [1.165, 1.54) is 0 Å². The van der Waals surface area contributed by atoms with Gasteiger partial charge in [0, 0.05) is 25.7 Å². The lowest BCUT2D eigenvalue weighted by Crippen LogP contribution is -2.53. The molecule has 2 aliphatic rings. The molecule has 5 nitrogen and oxygen atoms in total. The van der Waals surface area contributed by atoms with Gasteiger partial charge in [0.15, 0.2) is 0 Å². The number of hydrogen-bond donors (Lipinski definition) is 2. The number of rotatable bonds is 1. The van der Waals surface area contributed by atoms with Crippen LogP contribution in [0.15, 0.2) is 0 Å². The van der Waals surface area contributed by atoms with E-state index in [4.69, 9.17) is 0 Å². The molecular weight excluding hydrogens is 266 g/mol. The van der Waals surface area contributed by atoms with Crippen molar-refractivity contribution >= 4 is 11.9 Å². The molecule has 0 aromatic carbocycles. The summed E-state index contributed by atoms with van der Waals surface area (Å²) < 4.78 is 0. The van der Waals surface area contributed by atoms with Crippen LogP contribution in [-0.4, -0.2) is 42.5 Å². The van der Waals surface area contributed by atoms with Gasteiger partial charge < -0.3 is 15.5 Å². The highest BCUT2D eigenvalue weighted by Gasteiger charge is 2.36. The second kappa shape index (κ2) is 8.25. The smallest absolute Gasteiger partial charge is 0.317 e. The summed E-state index contributed by atoms with van der Waals surface area (Å²) in [5.74, 6) is 0.121. The van der Waals surface area contributed by atoms with Gasteiger partial charge in [0.05, 0.1) is 5.92 Å². The van der Waals surface area contributed by atoms with Gasteiger partial charge in [0.25, 0.3) is 0 Å². The number of carbonyl (C=O) groups is 2. The molecule has 2 rings (SSSR count). The van der Waals surface area contributed by atoms with Gasteiger partial charge in [-0.1, -0.05) is 25.7 Å². The SMILES string of the molecule is CCNC(=O)N1CCCCCCNC(=O)[C@@H]2CCCC[C@@H]21. The zero-order valence-electron chi connectivity index (χ0n) is 13.2. The minimum atomic E-state index is -0.0283. The normalized spacial score (nSPS) is 28.0. The average molecular weight is 295 g/mol. The van der Waals surface area contributed by atoms with Gasteiger partial charge in [-0.15, -0.1) is 0 Å². The molecular formula is C16H29N3O2. The van der Waals surface area contributed by atoms with E-state index in [9.17, 15) is 9.59 Å². The van der Waals surface area contributed by atoms with Crippen molar-refractivity contribution in [2.75, 3.05) is 19.6 Å². The fourth-order valence-electron chi connectivity index (χ4n) is 3.56. The monoisotopic (exact) mass is 295 g/mol. The van der Waals surface area contributed by atoms with E-state index in [2.05, 4.69) is 10.6 Å². The van der Waals surface area contributed by atoms with Crippen LogP contribution in [-0.2, 0) is 4.79 Å². The van der Waals surface area contributed by atoms with Crippen molar-refractivity contribution in [3.05, 3.63) is 0 Å². The van der Waals surface area contributed by atoms with Crippen LogP contribution < -0.4 is 10.6 Å². The number of amides is 3. The van der Waals surface area contributed by atoms with Crippen molar-refractivity contribution in [2.24, 2.45) is 5.92 Å². The fourth-order valence-corrected chi connectivity index (χ4v) is 3.56. The van der Waals surface area contributed by atoms with Crippen molar-refractivity contribution in [3.8, 4) is 0 Å². The Hall–Kier alpha value is -1.26. The Morgan fingerprint density at radius 1 is 1.19 bits per heavy atom. The minimum Gasteiger partial charge on any atom is -0.356 e. The number of hydrogen-bond acceptors (Lipinski definition) is 2. The molecule has 1 saturated carbocycles. The third-order valence-corrected chi connectivity index (χ3v) is 4.68. The molecule has 1 aliphatic heterocycles. The first-order valence-corrected chi connectivity index (χ1v) is 8.56. The lowest BCUT2D eigenvalue weighted by Gasteiger charge is -2.39. The summed E-state index contributed by atoms with van der Waals surface area (Å²) in [6, 6.07) is 0.0739. The first-order valence-electron chi connectivity index (χ1n) is 8.56. The zero-order valence-corrected chi connectivity index (χ0v) is 13.2. The standard InChI is InChI=1S/C16H29N3O2/c1-2-17-16(21)19-12-8-4-3-7-11-18-15(20)13-9-5-6-10-14(13)19/h13-14H,2-12H2,1H3,(H,17,21)(H,18,20)/t13-,14+/m1/s1. The molecule has 0 spiro atoms. The maximum Gasteiger partial charge on any atom is 0.317 e. The third-order valence-electron chi connectivity index (χ3n) is 4.68. The number of urea groups is 1. The van der Waals surface area contributed by atoms with Gasteiger partial charge in [0.1, 0.15) is 0 Å². The summed E-state index contributed by atoms with van der Waals surface area (Å²) in [5, 5.41) is 5.99. The summed E-state index contributed by atoms with van der Waals surface area (Å²) in [6.45, 7) is 4.14. The first kappa shape index (κ1) is 16.1. The van der Waals surface area contributed by atoms with Gasteiger partial charge >= 0.3 is 6.03 Å². The number of nitrogens with one attached hydrogen (secondary N) is 2. The van der Waals surface area contributed by atoms with Crippen LogP contribution in [0, 0.1) is 5.92 Å². The van der Waals surface area contributed by atoms with E-state index >= 15 is 0 Å². The number of nitrogens with zero attached hydrogens (tertiary/aromatic N) is 1. The molecule has 0 aromatic rings. The highest BCUT2D eigenvalue weighted by Crippen LogP contribution is 2.29. The fraction of sp³-hybridized carbons (Fsp3) is 0.875. The summed E-state index contributed by atoms with van der Waals surface area (Å²) >= 11 is 0. The molecule has 0 bridgehead atoms. The predicted octanol–water partition coefficient (Wildman–Crippen LogP) is 2.27. The molecule has 5 heteroatoms. The second-order valence-corrected chi connectivity index (χ2v) is 6.19. The van der Waals surface area contributed by atoms with Gasteiger partial charge in [-0.05, 0) is 32.6 Å². The van der Waals surface area contributed by atoms with E-state index < -0.39 is 0 Å². The van der Waals surface area contributed by atoms with E-state index in [0.717, 1.165) is 64.5 Å². The molecule has 1 heterocycles. The minimum absolute atomic E-state index is 0.00134. The van der Waals surface area contributed by atoms with Crippen LogP contribution in [0.4, 0.5) is 4.79 Å². The van der Waals surface area contributed by atoms with Crippen LogP contribution in [0.5, 0.6) is 0 Å². The van der Waals surface area contributed by atoms with Gasteiger partial charge in [0.2, 0.25) is 5.91 Å². The van der Waals surface area contributed by atoms with E-state index in [1.807, 2.05) is 11.8 Å². The second-order valence-electron chi connectivity index (χ2n) is 6.19. The quantitative estimate of drug-likeness (QED) is 0.779. The van der Waals surface area contributed by atoms with Crippen LogP contribution in [0.1, 0.15) is 58.3 Å². The highest BCUT2D eigenvalue weighted by atomic mass is 16.2. The molecule has 120 valence electrons. The molecule has 2 fully saturated rings. The topological polar surface area (TPSA) is 61.4 Å². The third kappa shape index (κ3) is 4.35. The van der Waals surface area contributed by atoms with Gasteiger partial charge in [-0.25, -0.2) is 4.79 Å². The Bertz CT molecular complexity index is 359. The lowest BCUT2D eigenvalue weighted by atomic mass is 9.82. The number of carbonyl (C=O) groups excluding carboxylic acids is 2. The Kier molecular flexibility index (Phi) is 6.33. The lowest BCUT2D eigenvalue weighted by molar-refractivity contribution is -0.127. The number of fused-ring (bicyclic) bond motifs is 1. The summed E-state index contributed by atoms with van der Waals surface area (Å²) in [5.41, 5.74) is 0. The van der Waals surface area contributed by atoms with E-state index in [0.29, 0.717) is 6.54 Å². The van der Waals surface area contributed by atoms with Crippen LogP contribution in [0.25, 0.3) is 0 Å². The maximum absolute atomic E-state index is 12.4. The largest absolute Gasteiger partial charge is 0.356 e. The molecule has 0 aromatic heterocycles. The summed E-state index contributed by atoms with van der Waals surface area (Å²) in [6.07, 6.45) is 8.41. The van der Waals surface area contributed by atoms with Gasteiger partial charge in [-0.2, -0.15) is 0 Å². The zero-order chi connectivity index (χ0) is 15.1. The summed E-state index contributed by atoms with van der Waals surface area (Å²) in [7, 11) is 0. The molecule has 3 amide bonds. The van der Waals surface area contributed by atoms with E-state index in [-0.39, 0.29) is 23.9 Å². The molecule has 21 heavy (non-hydrogen) atoms. The predicted molar refractivity (Wildman–Crippen MR) is 83.0 cm³/mol. The van der Waals surface area contributed by atoms with Crippen LogP contribution in [0.3, 0.4) is 0 Å². The van der Waals surface area contributed by atoms with Crippen molar-refractivity contribution in [3.63, 3.8) is 0 Å². The van der Waals surface area contributed by atoms with Crippen LogP contribution in [0.2, 0.25) is 0 Å². The molecule has 0 unspecified atom stereocenters. The van der Waals surface area contributed by atoms with Crippen molar-refractivity contribution in [1.82, 2.24) is 15.5 Å². The van der Waals surface area contributed by atoms with E-state index in [1.54, 1.807) is 0 Å². The van der Waals surface area contributed by atoms with Crippen molar-refractivity contribution in [1.29, 1.82) is 0 Å². The van der Waals surface area contributed by atoms with Crippen molar-refractivity contribution < 1.29 is 9.59 Å². The summed E-state index contributed by atoms with van der Waals surface area (Å²) in [4.78, 5) is 26.8. The molecule has 0 radical (unpaired) electrons. The Morgan fingerprint density at radius 3 is 2.76 bits per heavy atom. The highest BCUT2D eigenvalue weighted by molar-refractivity contribution is 5.81. The Morgan fingerprint density at radius 2 is 1.95 bits per heavy atom. The molecule has 1 aliphatic carbocycles. The van der Waals surface area contributed by atoms with Crippen molar-refractivity contribution in [2.45, 2.75) is 64.3 Å². The van der Waals surface area contributed by atoms with Gasteiger partial charge in [-0.3, -0.25) is 4.79 Å². The van der Waals surface area contributed by atoms with Crippen LogP contribution >= 0.6 is 0 Å². The Balaban J connectivity index is 2.15. The Labute approximate surface area is 127 Å². The maximum atomic E-state index is 12.4. The molecule has 1 saturated heterocycles.